The molecule has 0 aliphatic heterocycles. The molecule has 0 radical (unpaired) electrons. The average molecular weight is 190 g/mol. The van der Waals surface area contributed by atoms with Crippen LogP contribution in [0.3, 0.4) is 0 Å². The van der Waals surface area contributed by atoms with E-state index in [1.165, 1.54) is 33.2 Å². The number of benzene rings is 2. The van der Waals surface area contributed by atoms with Gasteiger partial charge in [0.2, 0.25) is 0 Å². The minimum atomic E-state index is 1.11. The van der Waals surface area contributed by atoms with Gasteiger partial charge in [-0.25, -0.2) is 0 Å². The Labute approximate surface area is 92.2 Å². The molecule has 0 nitrogen and oxygen atoms in total. The van der Waals surface area contributed by atoms with Gasteiger partial charge in [0.05, 0.1) is 0 Å². The zero-order chi connectivity index (χ0) is 10.4. The van der Waals surface area contributed by atoms with Crippen LogP contribution in [0.15, 0.2) is 36.4 Å². The molecular formula is C13H12B2. The summed E-state index contributed by atoms with van der Waals surface area (Å²) in [6.07, 6.45) is 1.11. The lowest BCUT2D eigenvalue weighted by molar-refractivity contribution is 1.27. The van der Waals surface area contributed by atoms with E-state index in [0.29, 0.717) is 0 Å². The fraction of sp³-hybridized carbons (Fsp3) is 0.0769. The van der Waals surface area contributed by atoms with E-state index in [4.69, 9.17) is 0 Å². The Balaban J connectivity index is 2.24. The highest BCUT2D eigenvalue weighted by Gasteiger charge is 2.17. The van der Waals surface area contributed by atoms with Crippen molar-refractivity contribution < 1.29 is 0 Å². The van der Waals surface area contributed by atoms with Gasteiger partial charge in [-0.05, 0) is 28.7 Å². The summed E-state index contributed by atoms with van der Waals surface area (Å²) in [4.78, 5) is 0. The first-order valence-corrected chi connectivity index (χ1v) is 5.43. The van der Waals surface area contributed by atoms with Crippen LogP contribution in [0.2, 0.25) is 0 Å². The van der Waals surface area contributed by atoms with Gasteiger partial charge < -0.3 is 0 Å². The van der Waals surface area contributed by atoms with Crippen molar-refractivity contribution in [3.63, 3.8) is 0 Å². The van der Waals surface area contributed by atoms with Gasteiger partial charge in [-0.1, -0.05) is 47.3 Å². The highest BCUT2D eigenvalue weighted by Crippen LogP contribution is 2.34. The molecule has 2 aromatic rings. The Hall–Kier alpha value is -1.43. The van der Waals surface area contributed by atoms with Gasteiger partial charge in [0.15, 0.2) is 0 Å². The molecule has 3 rings (SSSR count). The maximum atomic E-state index is 2.31. The maximum Gasteiger partial charge on any atom is 0.139 e. The largest absolute Gasteiger partial charge is 0.139 e. The van der Waals surface area contributed by atoms with E-state index in [0.717, 1.165) is 6.42 Å². The molecule has 2 aromatic carbocycles. The lowest BCUT2D eigenvalue weighted by Gasteiger charge is -2.02. The van der Waals surface area contributed by atoms with Gasteiger partial charge in [-0.2, -0.15) is 0 Å². The van der Waals surface area contributed by atoms with Gasteiger partial charge in [0.1, 0.15) is 15.7 Å². The van der Waals surface area contributed by atoms with Crippen molar-refractivity contribution in [2.75, 3.05) is 0 Å². The highest BCUT2D eigenvalue weighted by atomic mass is 14.2. The molecule has 0 saturated carbocycles. The van der Waals surface area contributed by atoms with Crippen molar-refractivity contribution in [2.45, 2.75) is 6.42 Å². The molecule has 1 aliphatic rings. The van der Waals surface area contributed by atoms with Crippen molar-refractivity contribution in [2.24, 2.45) is 0 Å². The first kappa shape index (κ1) is 8.84. The number of hydrogen-bond acceptors (Lipinski definition) is 0. The van der Waals surface area contributed by atoms with Gasteiger partial charge in [0.25, 0.3) is 0 Å². The van der Waals surface area contributed by atoms with E-state index in [9.17, 15) is 0 Å². The molecule has 0 fully saturated rings. The second kappa shape index (κ2) is 3.03. The van der Waals surface area contributed by atoms with E-state index in [2.05, 4.69) is 52.1 Å². The highest BCUT2D eigenvalue weighted by molar-refractivity contribution is 6.33. The third-order valence-corrected chi connectivity index (χ3v) is 3.19. The van der Waals surface area contributed by atoms with Gasteiger partial charge in [0, 0.05) is 0 Å². The first-order chi connectivity index (χ1) is 7.24. The fourth-order valence-corrected chi connectivity index (χ4v) is 2.47. The van der Waals surface area contributed by atoms with Crippen LogP contribution in [0, 0.1) is 0 Å². The fourth-order valence-electron chi connectivity index (χ4n) is 2.47. The molecule has 0 heterocycles. The molecule has 1 aliphatic carbocycles. The zero-order valence-corrected chi connectivity index (χ0v) is 9.17. The van der Waals surface area contributed by atoms with Crippen LogP contribution in [0.4, 0.5) is 0 Å². The number of rotatable bonds is 0. The molecule has 0 aromatic heterocycles. The van der Waals surface area contributed by atoms with Crippen LogP contribution in [0.25, 0.3) is 11.1 Å². The van der Waals surface area contributed by atoms with Crippen molar-refractivity contribution >= 4 is 26.6 Å². The van der Waals surface area contributed by atoms with Crippen molar-refractivity contribution in [1.82, 2.24) is 0 Å². The summed E-state index contributed by atoms with van der Waals surface area (Å²) in [7, 11) is 4.32. The van der Waals surface area contributed by atoms with Gasteiger partial charge >= 0.3 is 0 Å². The van der Waals surface area contributed by atoms with Crippen LogP contribution >= 0.6 is 0 Å². The molecule has 15 heavy (non-hydrogen) atoms. The van der Waals surface area contributed by atoms with Crippen LogP contribution in [0.1, 0.15) is 11.1 Å². The first-order valence-electron chi connectivity index (χ1n) is 5.43. The maximum absolute atomic E-state index is 2.31. The quantitative estimate of drug-likeness (QED) is 0.429. The van der Waals surface area contributed by atoms with E-state index in [1.54, 1.807) is 0 Å². The summed E-state index contributed by atoms with van der Waals surface area (Å²) >= 11 is 0. The number of hydrogen-bond donors (Lipinski definition) is 0. The smallest absolute Gasteiger partial charge is 0.0886 e. The molecule has 0 bridgehead atoms. The topological polar surface area (TPSA) is 0 Å². The normalized spacial score (nSPS) is 12.3. The van der Waals surface area contributed by atoms with E-state index in [-0.39, 0.29) is 0 Å². The Kier molecular flexibility index (Phi) is 1.79. The Morgan fingerprint density at radius 3 is 1.67 bits per heavy atom. The van der Waals surface area contributed by atoms with E-state index in [1.807, 2.05) is 0 Å². The summed E-state index contributed by atoms with van der Waals surface area (Å²) in [5.41, 5.74) is 8.54. The summed E-state index contributed by atoms with van der Waals surface area (Å²) in [6, 6.07) is 13.5. The molecule has 0 spiro atoms. The van der Waals surface area contributed by atoms with Crippen LogP contribution < -0.4 is 10.9 Å². The zero-order valence-electron chi connectivity index (χ0n) is 9.17. The molecule has 70 valence electrons. The lowest BCUT2D eigenvalue weighted by Crippen LogP contribution is -2.02. The summed E-state index contributed by atoms with van der Waals surface area (Å²) in [5.74, 6) is 0. The van der Waals surface area contributed by atoms with Gasteiger partial charge in [-0.15, -0.1) is 0 Å². The predicted octanol–water partition coefficient (Wildman–Crippen LogP) is -0.225. The second-order valence-electron chi connectivity index (χ2n) is 4.50. The predicted molar refractivity (Wildman–Crippen MR) is 71.0 cm³/mol. The molecule has 2 heteroatoms. The Morgan fingerprint density at radius 2 is 1.20 bits per heavy atom. The number of fused-ring (bicyclic) bond motifs is 3. The minimum Gasteiger partial charge on any atom is -0.0886 e. The molecule has 0 unspecified atom stereocenters. The van der Waals surface area contributed by atoms with Crippen LogP contribution in [-0.2, 0) is 6.42 Å². The molecule has 0 amide bonds. The summed E-state index contributed by atoms with van der Waals surface area (Å²) in [6.45, 7) is 0. The lowest BCUT2D eigenvalue weighted by atomic mass is 9.91. The molecule has 0 saturated heterocycles. The van der Waals surface area contributed by atoms with Crippen LogP contribution in [0.5, 0.6) is 0 Å². The van der Waals surface area contributed by atoms with Crippen LogP contribution in [-0.4, -0.2) is 15.7 Å². The SMILES string of the molecule is Bc1ccc2c(c1)Cc1cc(B)ccc1-2. The standard InChI is InChI=1S/C13H12B2/c14-10-1-3-12-8(6-10)5-9-7-11(15)2-4-13(9)12/h1-4,6-7H,5,14-15H2. The van der Waals surface area contributed by atoms with Crippen molar-refractivity contribution in [3.8, 4) is 11.1 Å². The Bertz CT molecular complexity index is 495. The van der Waals surface area contributed by atoms with Crippen molar-refractivity contribution in [1.29, 1.82) is 0 Å². The Morgan fingerprint density at radius 1 is 0.733 bits per heavy atom. The average Bonchev–Trinajstić information content (AvgIpc) is 2.53. The molecular weight excluding hydrogens is 178 g/mol. The third kappa shape index (κ3) is 1.32. The monoisotopic (exact) mass is 190 g/mol. The molecule has 0 N–H and O–H groups in total. The second-order valence-corrected chi connectivity index (χ2v) is 4.50. The van der Waals surface area contributed by atoms with E-state index >= 15 is 0 Å². The summed E-state index contributed by atoms with van der Waals surface area (Å²) in [5, 5.41) is 0. The molecule has 0 atom stereocenters. The van der Waals surface area contributed by atoms with Crippen molar-refractivity contribution in [3.05, 3.63) is 47.5 Å². The van der Waals surface area contributed by atoms with E-state index < -0.39 is 0 Å². The minimum absolute atomic E-state index is 1.11. The third-order valence-electron chi connectivity index (χ3n) is 3.19. The summed E-state index contributed by atoms with van der Waals surface area (Å²) < 4.78 is 0. The van der Waals surface area contributed by atoms with Gasteiger partial charge in [-0.3, -0.25) is 0 Å².